The van der Waals surface area contributed by atoms with Crippen LogP contribution in [-0.2, 0) is 8.85 Å². The fourth-order valence-corrected chi connectivity index (χ4v) is 3.07. The third-order valence-electron chi connectivity index (χ3n) is 2.13. The van der Waals surface area contributed by atoms with Crippen LogP contribution >= 0.6 is 0 Å². The molecule has 0 unspecified atom stereocenters. The molecule has 0 amide bonds. The summed E-state index contributed by atoms with van der Waals surface area (Å²) in [6, 6.07) is 0. The van der Waals surface area contributed by atoms with E-state index in [1.807, 2.05) is 0 Å². The lowest BCUT2D eigenvalue weighted by atomic mass is 11.0. The highest BCUT2D eigenvalue weighted by Gasteiger charge is 2.46. The summed E-state index contributed by atoms with van der Waals surface area (Å²) >= 11 is 0. The highest BCUT2D eigenvalue weighted by molar-refractivity contribution is 6.68. The topological polar surface area (TPSA) is 18.5 Å². The molecule has 0 N–H and O–H groups in total. The van der Waals surface area contributed by atoms with Gasteiger partial charge in [-0.05, 0) is 19.4 Å². The summed E-state index contributed by atoms with van der Waals surface area (Å²) in [6.45, 7) is 2.13. The second kappa shape index (κ2) is 2.40. The van der Waals surface area contributed by atoms with Gasteiger partial charge in [0.15, 0.2) is 0 Å². The fraction of sp³-hybridized carbons (Fsp3) is 1.00. The first kappa shape index (κ1) is 7.25. The maximum absolute atomic E-state index is 5.33. The Morgan fingerprint density at radius 1 is 1.22 bits per heavy atom. The van der Waals surface area contributed by atoms with Crippen LogP contribution < -0.4 is 0 Å². The van der Waals surface area contributed by atoms with Gasteiger partial charge in [-0.1, -0.05) is 0 Å². The van der Waals surface area contributed by atoms with Gasteiger partial charge in [0.1, 0.15) is 0 Å². The van der Waals surface area contributed by atoms with Crippen LogP contribution in [0.4, 0.5) is 0 Å². The van der Waals surface area contributed by atoms with E-state index in [1.54, 1.807) is 14.2 Å². The predicted molar refractivity (Wildman–Crippen MR) is 38.6 cm³/mol. The van der Waals surface area contributed by atoms with Gasteiger partial charge in [0.2, 0.25) is 0 Å². The molecule has 1 aliphatic carbocycles. The average Bonchev–Trinajstić information content (AvgIpc) is 2.68. The van der Waals surface area contributed by atoms with Crippen LogP contribution in [0.3, 0.4) is 0 Å². The van der Waals surface area contributed by atoms with Gasteiger partial charge in [-0.15, -0.1) is 0 Å². The van der Waals surface area contributed by atoms with E-state index in [-0.39, 0.29) is 0 Å². The van der Waals surface area contributed by atoms with E-state index >= 15 is 0 Å². The Bertz CT molecular complexity index is 97.2. The zero-order chi connectivity index (χ0) is 6.91. The number of hydrogen-bond acceptors (Lipinski definition) is 2. The molecule has 3 heteroatoms. The van der Waals surface area contributed by atoms with E-state index in [0.29, 0.717) is 0 Å². The van der Waals surface area contributed by atoms with Gasteiger partial charge in [-0.3, -0.25) is 0 Å². The first-order valence-corrected chi connectivity index (χ1v) is 5.72. The van der Waals surface area contributed by atoms with Crippen molar-refractivity contribution in [1.29, 1.82) is 0 Å². The highest BCUT2D eigenvalue weighted by Crippen LogP contribution is 2.45. The third kappa shape index (κ3) is 1.34. The molecule has 0 radical (unpaired) electrons. The summed E-state index contributed by atoms with van der Waals surface area (Å²) in [5.41, 5.74) is 0.771. The summed E-state index contributed by atoms with van der Waals surface area (Å²) < 4.78 is 10.7. The monoisotopic (exact) mass is 146 g/mol. The zero-order valence-electron chi connectivity index (χ0n) is 6.31. The molecule has 0 spiro atoms. The quantitative estimate of drug-likeness (QED) is 0.562. The van der Waals surface area contributed by atoms with Gasteiger partial charge in [-0.25, -0.2) is 0 Å². The minimum Gasteiger partial charge on any atom is -0.398 e. The van der Waals surface area contributed by atoms with Gasteiger partial charge in [0.05, 0.1) is 0 Å². The molecule has 0 aromatic rings. The largest absolute Gasteiger partial charge is 0.398 e. The van der Waals surface area contributed by atoms with Crippen molar-refractivity contribution in [3.05, 3.63) is 0 Å². The van der Waals surface area contributed by atoms with E-state index in [4.69, 9.17) is 8.85 Å². The smallest absolute Gasteiger partial charge is 0.337 e. The van der Waals surface area contributed by atoms with E-state index < -0.39 is 8.56 Å². The van der Waals surface area contributed by atoms with E-state index in [9.17, 15) is 0 Å². The maximum Gasteiger partial charge on any atom is 0.337 e. The van der Waals surface area contributed by atoms with Crippen molar-refractivity contribution >= 4 is 8.56 Å². The maximum atomic E-state index is 5.33. The Balaban J connectivity index is 2.43. The summed E-state index contributed by atoms with van der Waals surface area (Å²) in [6.07, 6.45) is 2.62. The normalized spacial score (nSPS) is 20.3. The van der Waals surface area contributed by atoms with Crippen molar-refractivity contribution in [2.45, 2.75) is 24.9 Å². The van der Waals surface area contributed by atoms with Crippen LogP contribution in [0, 0.1) is 0 Å². The molecule has 9 heavy (non-hydrogen) atoms. The summed E-state index contributed by atoms with van der Waals surface area (Å²) in [7, 11) is 1.85. The van der Waals surface area contributed by atoms with Crippen LogP contribution in [0.2, 0.25) is 12.1 Å². The molecule has 0 aromatic carbocycles. The zero-order valence-corrected chi connectivity index (χ0v) is 7.31. The summed E-state index contributed by atoms with van der Waals surface area (Å²) in [5, 5.41) is 0. The highest BCUT2D eigenvalue weighted by atomic mass is 28.4. The molecule has 0 saturated heterocycles. The minimum absolute atomic E-state index is 0.771. The molecule has 54 valence electrons. The van der Waals surface area contributed by atoms with Crippen LogP contribution in [0.25, 0.3) is 0 Å². The van der Waals surface area contributed by atoms with Crippen molar-refractivity contribution in [2.24, 2.45) is 0 Å². The first-order chi connectivity index (χ1) is 4.23. The van der Waals surface area contributed by atoms with Gasteiger partial charge in [-0.2, -0.15) is 0 Å². The van der Waals surface area contributed by atoms with E-state index in [0.717, 1.165) is 5.54 Å². The Morgan fingerprint density at radius 2 is 1.67 bits per heavy atom. The SMILES string of the molecule is CO[Si](C)(OC)C1CC1. The molecule has 1 rings (SSSR count). The van der Waals surface area contributed by atoms with Gasteiger partial charge >= 0.3 is 8.56 Å². The van der Waals surface area contributed by atoms with Crippen molar-refractivity contribution < 1.29 is 8.85 Å². The van der Waals surface area contributed by atoms with Gasteiger partial charge in [0, 0.05) is 19.8 Å². The van der Waals surface area contributed by atoms with Crippen LogP contribution in [0.15, 0.2) is 0 Å². The lowest BCUT2D eigenvalue weighted by Gasteiger charge is -2.21. The minimum atomic E-state index is -1.66. The fourth-order valence-electron chi connectivity index (χ4n) is 1.02. The van der Waals surface area contributed by atoms with Crippen LogP contribution in [0.1, 0.15) is 12.8 Å². The number of rotatable bonds is 3. The molecule has 1 aliphatic rings. The van der Waals surface area contributed by atoms with Gasteiger partial charge < -0.3 is 8.85 Å². The Hall–Kier alpha value is 0.137. The standard InChI is InChI=1S/C6H14O2Si/c1-7-9(3,8-2)6-4-5-6/h6H,4-5H2,1-3H3. The van der Waals surface area contributed by atoms with E-state index in [2.05, 4.69) is 6.55 Å². The van der Waals surface area contributed by atoms with Crippen LogP contribution in [-0.4, -0.2) is 22.8 Å². The summed E-state index contributed by atoms with van der Waals surface area (Å²) in [5.74, 6) is 0. The second-order valence-corrected chi connectivity index (χ2v) is 6.36. The molecule has 0 aliphatic heterocycles. The lowest BCUT2D eigenvalue weighted by Crippen LogP contribution is -2.36. The Kier molecular flexibility index (Phi) is 1.93. The molecular formula is C6H14O2Si. The molecular weight excluding hydrogens is 132 g/mol. The predicted octanol–water partition coefficient (Wildman–Crippen LogP) is 1.52. The van der Waals surface area contributed by atoms with Crippen molar-refractivity contribution in [1.82, 2.24) is 0 Å². The van der Waals surface area contributed by atoms with Crippen molar-refractivity contribution in [3.63, 3.8) is 0 Å². The van der Waals surface area contributed by atoms with Gasteiger partial charge in [0.25, 0.3) is 0 Å². The van der Waals surface area contributed by atoms with Crippen molar-refractivity contribution in [3.8, 4) is 0 Å². The Labute approximate surface area is 57.4 Å². The molecule has 1 saturated carbocycles. The molecule has 2 nitrogen and oxygen atoms in total. The van der Waals surface area contributed by atoms with Crippen molar-refractivity contribution in [2.75, 3.05) is 14.2 Å². The molecule has 0 atom stereocenters. The molecule has 0 aromatic heterocycles. The molecule has 1 fully saturated rings. The average molecular weight is 146 g/mol. The molecule has 0 heterocycles. The Morgan fingerprint density at radius 3 is 1.78 bits per heavy atom. The molecule has 0 bridgehead atoms. The third-order valence-corrected chi connectivity index (χ3v) is 5.81. The van der Waals surface area contributed by atoms with E-state index in [1.165, 1.54) is 12.8 Å². The number of hydrogen-bond donors (Lipinski definition) is 0. The van der Waals surface area contributed by atoms with Crippen LogP contribution in [0.5, 0.6) is 0 Å². The first-order valence-electron chi connectivity index (χ1n) is 3.33. The summed E-state index contributed by atoms with van der Waals surface area (Å²) in [4.78, 5) is 0. The second-order valence-electron chi connectivity index (χ2n) is 2.70. The lowest BCUT2D eigenvalue weighted by molar-refractivity contribution is 0.248.